The van der Waals surface area contributed by atoms with Crippen molar-refractivity contribution in [3.63, 3.8) is 0 Å². The highest BCUT2D eigenvalue weighted by molar-refractivity contribution is 5.92. The van der Waals surface area contributed by atoms with Gasteiger partial charge in [0.15, 0.2) is 0 Å². The van der Waals surface area contributed by atoms with E-state index in [-0.39, 0.29) is 5.91 Å². The minimum absolute atomic E-state index is 0.0151. The SMILES string of the molecule is C=CCC(=O)Nc1ccc2c(c1)CCCN2. The fourth-order valence-electron chi connectivity index (χ4n) is 1.90. The van der Waals surface area contributed by atoms with Crippen molar-refractivity contribution in [2.45, 2.75) is 19.3 Å². The molecule has 2 N–H and O–H groups in total. The lowest BCUT2D eigenvalue weighted by molar-refractivity contribution is -0.115. The van der Waals surface area contributed by atoms with Crippen LogP contribution in [0.15, 0.2) is 30.9 Å². The summed E-state index contributed by atoms with van der Waals surface area (Å²) in [7, 11) is 0. The van der Waals surface area contributed by atoms with E-state index in [4.69, 9.17) is 0 Å². The molecule has 1 amide bonds. The maximum absolute atomic E-state index is 11.4. The van der Waals surface area contributed by atoms with Crippen LogP contribution in [0.3, 0.4) is 0 Å². The number of anilines is 2. The quantitative estimate of drug-likeness (QED) is 0.762. The zero-order valence-electron chi connectivity index (χ0n) is 9.25. The zero-order chi connectivity index (χ0) is 11.4. The summed E-state index contributed by atoms with van der Waals surface area (Å²) in [6.45, 7) is 4.58. The summed E-state index contributed by atoms with van der Waals surface area (Å²) in [6.07, 6.45) is 4.19. The normalized spacial score (nSPS) is 13.5. The van der Waals surface area contributed by atoms with Gasteiger partial charge in [-0.05, 0) is 36.6 Å². The lowest BCUT2D eigenvalue weighted by Crippen LogP contribution is -2.13. The van der Waals surface area contributed by atoms with E-state index in [1.807, 2.05) is 18.2 Å². The van der Waals surface area contributed by atoms with Gasteiger partial charge in [0, 0.05) is 24.3 Å². The molecule has 3 nitrogen and oxygen atoms in total. The summed E-state index contributed by atoms with van der Waals surface area (Å²) in [6, 6.07) is 6.00. The molecular formula is C13H16N2O. The van der Waals surface area contributed by atoms with E-state index in [0.29, 0.717) is 6.42 Å². The van der Waals surface area contributed by atoms with E-state index >= 15 is 0 Å². The molecule has 0 unspecified atom stereocenters. The van der Waals surface area contributed by atoms with Crippen LogP contribution in [-0.2, 0) is 11.2 Å². The molecule has 0 radical (unpaired) electrons. The lowest BCUT2D eigenvalue weighted by Gasteiger charge is -2.18. The number of carbonyl (C=O) groups is 1. The summed E-state index contributed by atoms with van der Waals surface area (Å²) in [5, 5.41) is 6.19. The average molecular weight is 216 g/mol. The van der Waals surface area contributed by atoms with Crippen LogP contribution < -0.4 is 10.6 Å². The van der Waals surface area contributed by atoms with Gasteiger partial charge in [0.2, 0.25) is 5.91 Å². The number of aryl methyl sites for hydroxylation is 1. The van der Waals surface area contributed by atoms with Gasteiger partial charge in [0.05, 0.1) is 0 Å². The van der Waals surface area contributed by atoms with E-state index in [1.165, 1.54) is 11.3 Å². The highest BCUT2D eigenvalue weighted by atomic mass is 16.1. The van der Waals surface area contributed by atoms with E-state index < -0.39 is 0 Å². The maximum atomic E-state index is 11.4. The Kier molecular flexibility index (Phi) is 3.25. The van der Waals surface area contributed by atoms with Gasteiger partial charge in [-0.25, -0.2) is 0 Å². The Hall–Kier alpha value is -1.77. The minimum atomic E-state index is -0.0151. The van der Waals surface area contributed by atoms with E-state index in [1.54, 1.807) is 6.08 Å². The molecule has 16 heavy (non-hydrogen) atoms. The standard InChI is InChI=1S/C13H16N2O/c1-2-4-13(16)15-11-6-7-12-10(9-11)5-3-8-14-12/h2,6-7,9,14H,1,3-5,8H2,(H,15,16). The summed E-state index contributed by atoms with van der Waals surface area (Å²) in [5.74, 6) is -0.0151. The van der Waals surface area contributed by atoms with Gasteiger partial charge < -0.3 is 10.6 Å². The molecule has 0 aliphatic carbocycles. The molecule has 0 spiro atoms. The van der Waals surface area contributed by atoms with Gasteiger partial charge in [-0.3, -0.25) is 4.79 Å². The van der Waals surface area contributed by atoms with Crippen molar-refractivity contribution in [3.8, 4) is 0 Å². The van der Waals surface area contributed by atoms with Crippen molar-refractivity contribution in [2.75, 3.05) is 17.2 Å². The first-order chi connectivity index (χ1) is 7.79. The second-order valence-electron chi connectivity index (χ2n) is 3.94. The van der Waals surface area contributed by atoms with Gasteiger partial charge in [-0.15, -0.1) is 6.58 Å². The van der Waals surface area contributed by atoms with E-state index in [0.717, 1.165) is 25.1 Å². The van der Waals surface area contributed by atoms with Gasteiger partial charge in [0.1, 0.15) is 0 Å². The molecule has 1 aromatic rings. The van der Waals surface area contributed by atoms with Crippen LogP contribution in [0.4, 0.5) is 11.4 Å². The highest BCUT2D eigenvalue weighted by Crippen LogP contribution is 2.25. The Bertz CT molecular complexity index is 412. The van der Waals surface area contributed by atoms with E-state index in [2.05, 4.69) is 17.2 Å². The van der Waals surface area contributed by atoms with Crippen molar-refractivity contribution < 1.29 is 4.79 Å². The molecule has 1 aliphatic rings. The molecule has 0 saturated heterocycles. The average Bonchev–Trinajstić information content (AvgIpc) is 2.29. The topological polar surface area (TPSA) is 41.1 Å². The number of amides is 1. The predicted molar refractivity (Wildman–Crippen MR) is 66.7 cm³/mol. The summed E-state index contributed by atoms with van der Waals surface area (Å²) in [5.41, 5.74) is 3.34. The second-order valence-corrected chi connectivity index (χ2v) is 3.94. The van der Waals surface area contributed by atoms with Crippen molar-refractivity contribution in [2.24, 2.45) is 0 Å². The smallest absolute Gasteiger partial charge is 0.228 e. The molecule has 1 aliphatic heterocycles. The highest BCUT2D eigenvalue weighted by Gasteiger charge is 2.09. The Morgan fingerprint density at radius 3 is 3.25 bits per heavy atom. The van der Waals surface area contributed by atoms with Gasteiger partial charge in [-0.2, -0.15) is 0 Å². The van der Waals surface area contributed by atoms with Crippen molar-refractivity contribution in [1.82, 2.24) is 0 Å². The van der Waals surface area contributed by atoms with Crippen LogP contribution in [0, 0.1) is 0 Å². The van der Waals surface area contributed by atoms with Crippen LogP contribution in [0.25, 0.3) is 0 Å². The maximum Gasteiger partial charge on any atom is 0.228 e. The fourth-order valence-corrected chi connectivity index (χ4v) is 1.90. The van der Waals surface area contributed by atoms with Crippen molar-refractivity contribution >= 4 is 17.3 Å². The molecule has 0 atom stereocenters. The van der Waals surface area contributed by atoms with Gasteiger partial charge in [0.25, 0.3) is 0 Å². The number of rotatable bonds is 3. The first-order valence-electron chi connectivity index (χ1n) is 5.57. The Morgan fingerprint density at radius 1 is 1.56 bits per heavy atom. The first-order valence-corrected chi connectivity index (χ1v) is 5.57. The van der Waals surface area contributed by atoms with Crippen LogP contribution >= 0.6 is 0 Å². The Balaban J connectivity index is 2.11. The fraction of sp³-hybridized carbons (Fsp3) is 0.308. The number of benzene rings is 1. The predicted octanol–water partition coefficient (Wildman–Crippen LogP) is 2.56. The molecule has 84 valence electrons. The molecule has 0 aromatic heterocycles. The molecule has 1 aromatic carbocycles. The molecule has 2 rings (SSSR count). The summed E-state index contributed by atoms with van der Waals surface area (Å²) >= 11 is 0. The van der Waals surface area contributed by atoms with Crippen molar-refractivity contribution in [1.29, 1.82) is 0 Å². The van der Waals surface area contributed by atoms with Crippen LogP contribution in [0.5, 0.6) is 0 Å². The van der Waals surface area contributed by atoms with Crippen molar-refractivity contribution in [3.05, 3.63) is 36.4 Å². The molecule has 0 bridgehead atoms. The molecule has 1 heterocycles. The molecule has 0 fully saturated rings. The molecular weight excluding hydrogens is 200 g/mol. The first kappa shape index (κ1) is 10.7. The number of fused-ring (bicyclic) bond motifs is 1. The largest absolute Gasteiger partial charge is 0.385 e. The number of nitrogens with one attached hydrogen (secondary N) is 2. The second kappa shape index (κ2) is 4.84. The minimum Gasteiger partial charge on any atom is -0.385 e. The van der Waals surface area contributed by atoms with Gasteiger partial charge >= 0.3 is 0 Å². The third-order valence-corrected chi connectivity index (χ3v) is 2.66. The Morgan fingerprint density at radius 2 is 2.44 bits per heavy atom. The van der Waals surface area contributed by atoms with Crippen LogP contribution in [0.1, 0.15) is 18.4 Å². The number of carbonyl (C=O) groups excluding carboxylic acids is 1. The van der Waals surface area contributed by atoms with Crippen LogP contribution in [-0.4, -0.2) is 12.5 Å². The molecule has 0 saturated carbocycles. The monoisotopic (exact) mass is 216 g/mol. The van der Waals surface area contributed by atoms with Gasteiger partial charge in [-0.1, -0.05) is 6.08 Å². The third kappa shape index (κ3) is 2.42. The zero-order valence-corrected chi connectivity index (χ0v) is 9.25. The van der Waals surface area contributed by atoms with E-state index in [9.17, 15) is 4.79 Å². The third-order valence-electron chi connectivity index (χ3n) is 2.66. The van der Waals surface area contributed by atoms with Crippen LogP contribution in [0.2, 0.25) is 0 Å². The number of hydrogen-bond donors (Lipinski definition) is 2. The lowest BCUT2D eigenvalue weighted by atomic mass is 10.0. The Labute approximate surface area is 95.6 Å². The molecule has 3 heteroatoms. The summed E-state index contributed by atoms with van der Waals surface area (Å²) < 4.78 is 0. The number of hydrogen-bond acceptors (Lipinski definition) is 2. The summed E-state index contributed by atoms with van der Waals surface area (Å²) in [4.78, 5) is 11.4.